The van der Waals surface area contributed by atoms with Gasteiger partial charge in [0.25, 0.3) is 0 Å². The minimum absolute atomic E-state index is 0.0752. The van der Waals surface area contributed by atoms with E-state index in [1.165, 1.54) is 18.5 Å². The molecule has 1 aromatic heterocycles. The van der Waals surface area contributed by atoms with E-state index in [1.54, 1.807) is 17.0 Å². The second-order valence-electron chi connectivity index (χ2n) is 6.50. The highest BCUT2D eigenvalue weighted by Crippen LogP contribution is 2.39. The number of para-hydroxylation sites is 1. The van der Waals surface area contributed by atoms with Crippen LogP contribution in [0.2, 0.25) is 0 Å². The third-order valence-electron chi connectivity index (χ3n) is 4.74. The van der Waals surface area contributed by atoms with Crippen molar-refractivity contribution in [1.29, 1.82) is 0 Å². The molecule has 0 fully saturated rings. The fourth-order valence-electron chi connectivity index (χ4n) is 3.39. The topological polar surface area (TPSA) is 84.2 Å². The van der Waals surface area contributed by atoms with E-state index in [1.807, 2.05) is 49.4 Å². The largest absolute Gasteiger partial charge is 0.354 e. The number of nitrogens with one attached hydrogen (secondary N) is 1. The van der Waals surface area contributed by atoms with Gasteiger partial charge in [-0.15, -0.1) is 0 Å². The van der Waals surface area contributed by atoms with Gasteiger partial charge in [0.05, 0.1) is 16.3 Å². The summed E-state index contributed by atoms with van der Waals surface area (Å²) in [5, 5.41) is 16.7. The molecule has 150 valence electrons. The zero-order valence-electron chi connectivity index (χ0n) is 16.1. The normalized spacial score (nSPS) is 10.7. The molecule has 0 unspecified atom stereocenters. The minimum Gasteiger partial charge on any atom is -0.332 e. The molecule has 0 radical (unpaired) electrons. The van der Waals surface area contributed by atoms with Crippen LogP contribution in [-0.2, 0) is 0 Å². The van der Waals surface area contributed by atoms with Crippen LogP contribution in [0.4, 0.5) is 33.1 Å². The predicted molar refractivity (Wildman–Crippen MR) is 115 cm³/mol. The van der Waals surface area contributed by atoms with Crippen LogP contribution in [0.25, 0.3) is 10.8 Å². The molecule has 0 atom stereocenters. The van der Waals surface area contributed by atoms with E-state index in [-0.39, 0.29) is 23.0 Å². The molecular weight excluding hydrogens is 385 g/mol. The van der Waals surface area contributed by atoms with E-state index in [2.05, 4.69) is 15.3 Å². The summed E-state index contributed by atoms with van der Waals surface area (Å²) in [6.45, 7) is 2.32. The summed E-state index contributed by atoms with van der Waals surface area (Å²) in [4.78, 5) is 21.4. The van der Waals surface area contributed by atoms with Crippen molar-refractivity contribution >= 4 is 39.5 Å². The molecule has 0 aliphatic heterocycles. The molecule has 4 rings (SSSR count). The van der Waals surface area contributed by atoms with Crippen molar-refractivity contribution in [2.45, 2.75) is 6.92 Å². The quantitative estimate of drug-likeness (QED) is 0.334. The van der Waals surface area contributed by atoms with Gasteiger partial charge in [0, 0.05) is 11.9 Å². The number of rotatable bonds is 6. The van der Waals surface area contributed by atoms with Crippen molar-refractivity contribution in [1.82, 2.24) is 9.97 Å². The van der Waals surface area contributed by atoms with Crippen molar-refractivity contribution in [3.63, 3.8) is 0 Å². The van der Waals surface area contributed by atoms with Crippen LogP contribution in [0.1, 0.15) is 6.92 Å². The lowest BCUT2D eigenvalue weighted by atomic mass is 10.1. The third kappa shape index (κ3) is 3.50. The molecule has 1 heterocycles. The smallest absolute Gasteiger partial charge is 0.332 e. The lowest BCUT2D eigenvalue weighted by molar-refractivity contribution is -0.383. The molecule has 0 aliphatic carbocycles. The van der Waals surface area contributed by atoms with Crippen molar-refractivity contribution < 1.29 is 9.31 Å². The first-order valence-corrected chi connectivity index (χ1v) is 9.36. The van der Waals surface area contributed by atoms with E-state index >= 15 is 0 Å². The van der Waals surface area contributed by atoms with Gasteiger partial charge >= 0.3 is 5.69 Å². The molecule has 0 spiro atoms. The second-order valence-corrected chi connectivity index (χ2v) is 6.50. The molecule has 0 aliphatic rings. The van der Waals surface area contributed by atoms with Crippen LogP contribution in [0.15, 0.2) is 73.1 Å². The fourth-order valence-corrected chi connectivity index (χ4v) is 3.39. The van der Waals surface area contributed by atoms with Gasteiger partial charge in [0.1, 0.15) is 12.1 Å². The fraction of sp³-hybridized carbons (Fsp3) is 0.0909. The summed E-state index contributed by atoms with van der Waals surface area (Å²) < 4.78 is 14.1. The molecule has 0 saturated carbocycles. The van der Waals surface area contributed by atoms with Gasteiger partial charge in [-0.05, 0) is 30.5 Å². The zero-order valence-corrected chi connectivity index (χ0v) is 16.1. The molecule has 8 heteroatoms. The summed E-state index contributed by atoms with van der Waals surface area (Å²) in [6.07, 6.45) is 1.24. The van der Waals surface area contributed by atoms with E-state index < -0.39 is 10.7 Å². The summed E-state index contributed by atoms with van der Waals surface area (Å²) in [7, 11) is 0. The maximum atomic E-state index is 14.1. The number of benzene rings is 3. The summed E-state index contributed by atoms with van der Waals surface area (Å²) in [6, 6.07) is 19.5. The summed E-state index contributed by atoms with van der Waals surface area (Å²) in [5.74, 6) is -0.477. The highest BCUT2D eigenvalue weighted by molar-refractivity contribution is 5.97. The minimum atomic E-state index is -0.549. The predicted octanol–water partition coefficient (Wildman–Crippen LogP) is 5.58. The Morgan fingerprint density at radius 3 is 2.53 bits per heavy atom. The van der Waals surface area contributed by atoms with Crippen molar-refractivity contribution in [3.05, 3.63) is 89.0 Å². The lowest BCUT2D eigenvalue weighted by Crippen LogP contribution is -2.20. The van der Waals surface area contributed by atoms with Crippen molar-refractivity contribution in [2.24, 2.45) is 0 Å². The number of fused-ring (bicyclic) bond motifs is 1. The highest BCUT2D eigenvalue weighted by Gasteiger charge is 2.28. The first kappa shape index (κ1) is 19.3. The van der Waals surface area contributed by atoms with Crippen LogP contribution in [0, 0.1) is 15.9 Å². The molecule has 4 aromatic rings. The van der Waals surface area contributed by atoms with Crippen LogP contribution in [0.5, 0.6) is 0 Å². The van der Waals surface area contributed by atoms with Crippen LogP contribution < -0.4 is 10.2 Å². The van der Waals surface area contributed by atoms with Crippen LogP contribution in [0.3, 0.4) is 0 Å². The monoisotopic (exact) mass is 403 g/mol. The van der Waals surface area contributed by atoms with Crippen molar-refractivity contribution in [2.75, 3.05) is 16.8 Å². The van der Waals surface area contributed by atoms with Crippen LogP contribution in [-0.4, -0.2) is 21.4 Å². The molecule has 30 heavy (non-hydrogen) atoms. The van der Waals surface area contributed by atoms with Gasteiger partial charge in [0.15, 0.2) is 0 Å². The lowest BCUT2D eigenvalue weighted by Gasteiger charge is -2.24. The first-order valence-electron chi connectivity index (χ1n) is 9.36. The Morgan fingerprint density at radius 2 is 1.77 bits per heavy atom. The average Bonchev–Trinajstić information content (AvgIpc) is 2.76. The molecule has 0 saturated heterocycles. The number of nitro groups is 1. The number of halogens is 1. The number of hydrogen-bond acceptors (Lipinski definition) is 6. The molecule has 1 N–H and O–H groups in total. The number of anilines is 4. The van der Waals surface area contributed by atoms with Gasteiger partial charge in [0.2, 0.25) is 11.6 Å². The van der Waals surface area contributed by atoms with Gasteiger partial charge in [-0.25, -0.2) is 14.4 Å². The van der Waals surface area contributed by atoms with Gasteiger partial charge in [-0.1, -0.05) is 48.5 Å². The molecule has 3 aromatic carbocycles. The number of aromatic nitrogens is 2. The highest BCUT2D eigenvalue weighted by atomic mass is 19.1. The Bertz CT molecular complexity index is 1230. The van der Waals surface area contributed by atoms with Gasteiger partial charge < -0.3 is 10.2 Å². The number of nitrogens with zero attached hydrogens (tertiary/aromatic N) is 4. The Morgan fingerprint density at radius 1 is 1.03 bits per heavy atom. The Kier molecular flexibility index (Phi) is 5.21. The number of hydrogen-bond donors (Lipinski definition) is 1. The van der Waals surface area contributed by atoms with E-state index in [4.69, 9.17) is 0 Å². The Labute approximate surface area is 172 Å². The average molecular weight is 403 g/mol. The van der Waals surface area contributed by atoms with E-state index in [9.17, 15) is 14.5 Å². The zero-order chi connectivity index (χ0) is 21.1. The first-order chi connectivity index (χ1) is 14.6. The third-order valence-corrected chi connectivity index (χ3v) is 4.74. The van der Waals surface area contributed by atoms with Gasteiger partial charge in [-0.3, -0.25) is 10.1 Å². The van der Waals surface area contributed by atoms with Gasteiger partial charge in [-0.2, -0.15) is 0 Å². The molecule has 7 nitrogen and oxygen atoms in total. The molecule has 0 amide bonds. The second kappa shape index (κ2) is 8.12. The SMILES string of the molecule is CCN(c1ncnc(Nc2ccccc2F)c1[N+](=O)[O-])c1cccc2ccccc12. The Hall–Kier alpha value is -4.07. The summed E-state index contributed by atoms with van der Waals surface area (Å²) >= 11 is 0. The van der Waals surface area contributed by atoms with E-state index in [0.29, 0.717) is 6.54 Å². The summed E-state index contributed by atoms with van der Waals surface area (Å²) in [5.41, 5.74) is 0.559. The maximum absolute atomic E-state index is 14.1. The van der Waals surface area contributed by atoms with Crippen molar-refractivity contribution in [3.8, 4) is 0 Å². The standard InChI is InChI=1S/C22H18FN5O2/c1-2-27(19-13-7-9-15-8-3-4-10-16(15)19)22-20(28(29)30)21(24-14-25-22)26-18-12-6-5-11-17(18)23/h3-14H,2H2,1H3,(H,24,25,26). The maximum Gasteiger partial charge on any atom is 0.354 e. The molecular formula is C22H18FN5O2. The Balaban J connectivity index is 1.87. The van der Waals surface area contributed by atoms with E-state index in [0.717, 1.165) is 16.5 Å². The molecule has 0 bridgehead atoms. The van der Waals surface area contributed by atoms with Crippen LogP contribution >= 0.6 is 0 Å².